The first-order chi connectivity index (χ1) is 14.0. The van der Waals surface area contributed by atoms with E-state index in [9.17, 15) is 9.90 Å². The molecule has 6 heteroatoms. The number of allylic oxidation sites excluding steroid dienone is 1. The number of hydrogen-bond donors (Lipinski definition) is 1. The molecule has 0 aliphatic carbocycles. The van der Waals surface area contributed by atoms with Gasteiger partial charge < -0.3 is 19.3 Å². The third-order valence-corrected chi connectivity index (χ3v) is 6.20. The number of ether oxygens (including phenoxy) is 3. The van der Waals surface area contributed by atoms with Crippen molar-refractivity contribution >= 4 is 11.5 Å². The minimum Gasteiger partial charge on any atom is -0.477 e. The van der Waals surface area contributed by atoms with Gasteiger partial charge in [0.05, 0.1) is 30.4 Å². The van der Waals surface area contributed by atoms with Gasteiger partial charge in [0, 0.05) is 11.8 Å². The highest BCUT2D eigenvalue weighted by Gasteiger charge is 2.43. The van der Waals surface area contributed by atoms with E-state index >= 15 is 0 Å². The average molecular weight is 418 g/mol. The van der Waals surface area contributed by atoms with Crippen molar-refractivity contribution in [3.8, 4) is 0 Å². The molecule has 1 atom stereocenters. The molecule has 2 aliphatic rings. The SMILES string of the molecule is CC1=C(c2ccccc2)C(=O)N(C(C)(C)C(O)CCC2(C)OCC(C)(C)CO2)CO1. The van der Waals surface area contributed by atoms with Crippen molar-refractivity contribution in [1.29, 1.82) is 0 Å². The second-order valence-electron chi connectivity index (χ2n) is 9.89. The van der Waals surface area contributed by atoms with E-state index in [1.54, 1.807) is 11.8 Å². The van der Waals surface area contributed by atoms with Gasteiger partial charge in [-0.1, -0.05) is 44.2 Å². The molecule has 2 heterocycles. The van der Waals surface area contributed by atoms with Crippen LogP contribution in [0, 0.1) is 5.41 Å². The number of nitrogens with zero attached hydrogens (tertiary/aromatic N) is 1. The topological polar surface area (TPSA) is 68.2 Å². The number of aliphatic hydroxyl groups excluding tert-OH is 1. The molecule has 0 bridgehead atoms. The number of carbonyl (C=O) groups is 1. The first-order valence-electron chi connectivity index (χ1n) is 10.6. The minimum absolute atomic E-state index is 0.00695. The van der Waals surface area contributed by atoms with E-state index in [0.29, 0.717) is 37.4 Å². The molecule has 0 aromatic heterocycles. The number of hydrogen-bond acceptors (Lipinski definition) is 5. The third-order valence-electron chi connectivity index (χ3n) is 6.20. The van der Waals surface area contributed by atoms with Crippen LogP contribution >= 0.6 is 0 Å². The molecule has 0 spiro atoms. The average Bonchev–Trinajstić information content (AvgIpc) is 2.69. The van der Waals surface area contributed by atoms with E-state index in [1.807, 2.05) is 51.1 Å². The maximum atomic E-state index is 13.4. The first kappa shape index (κ1) is 22.8. The highest BCUT2D eigenvalue weighted by Crippen LogP contribution is 2.36. The number of rotatable bonds is 6. The van der Waals surface area contributed by atoms with Gasteiger partial charge in [-0.15, -0.1) is 0 Å². The Hall–Kier alpha value is -1.89. The number of amides is 1. The summed E-state index contributed by atoms with van der Waals surface area (Å²) >= 11 is 0. The van der Waals surface area contributed by atoms with Crippen LogP contribution in [0.5, 0.6) is 0 Å². The fourth-order valence-corrected chi connectivity index (χ4v) is 3.79. The summed E-state index contributed by atoms with van der Waals surface area (Å²) in [5.41, 5.74) is 0.527. The summed E-state index contributed by atoms with van der Waals surface area (Å²) in [4.78, 5) is 15.0. The molecule has 1 aromatic rings. The highest BCUT2D eigenvalue weighted by molar-refractivity contribution is 6.20. The van der Waals surface area contributed by atoms with Crippen LogP contribution in [0.15, 0.2) is 36.1 Å². The molecule has 3 rings (SSSR count). The first-order valence-corrected chi connectivity index (χ1v) is 10.6. The largest absolute Gasteiger partial charge is 0.477 e. The molecule has 1 aromatic carbocycles. The Bertz CT molecular complexity index is 789. The zero-order valence-electron chi connectivity index (χ0n) is 19.0. The fourth-order valence-electron chi connectivity index (χ4n) is 3.79. The molecule has 0 radical (unpaired) electrons. The molecule has 1 saturated heterocycles. The molecule has 2 aliphatic heterocycles. The Morgan fingerprint density at radius 3 is 2.33 bits per heavy atom. The van der Waals surface area contributed by atoms with Gasteiger partial charge >= 0.3 is 0 Å². The van der Waals surface area contributed by atoms with Gasteiger partial charge in [-0.25, -0.2) is 0 Å². The van der Waals surface area contributed by atoms with Crippen LogP contribution in [0.1, 0.15) is 59.9 Å². The van der Waals surface area contributed by atoms with Gasteiger partial charge in [-0.05, 0) is 39.7 Å². The second-order valence-corrected chi connectivity index (χ2v) is 9.89. The van der Waals surface area contributed by atoms with Crippen LogP contribution in [0.2, 0.25) is 0 Å². The molecule has 6 nitrogen and oxygen atoms in total. The summed E-state index contributed by atoms with van der Waals surface area (Å²) in [6, 6.07) is 9.50. The van der Waals surface area contributed by atoms with Crippen LogP contribution in [0.25, 0.3) is 5.57 Å². The second kappa shape index (κ2) is 8.33. The van der Waals surface area contributed by atoms with Gasteiger partial charge in [-0.2, -0.15) is 0 Å². The van der Waals surface area contributed by atoms with Crippen molar-refractivity contribution in [3.05, 3.63) is 41.7 Å². The Labute approximate surface area is 179 Å². The van der Waals surface area contributed by atoms with Crippen LogP contribution in [0.4, 0.5) is 0 Å². The standard InChI is InChI=1S/C24H35NO5/c1-17-20(18-10-8-7-9-11-18)21(27)25(16-28-17)23(4,5)19(26)12-13-24(6)29-14-22(2,3)15-30-24/h7-11,19,26H,12-16H2,1-6H3. The Kier molecular flexibility index (Phi) is 6.33. The highest BCUT2D eigenvalue weighted by atomic mass is 16.7. The quantitative estimate of drug-likeness (QED) is 0.759. The molecule has 166 valence electrons. The van der Waals surface area contributed by atoms with Gasteiger partial charge in [0.1, 0.15) is 5.76 Å². The Balaban J connectivity index is 1.69. The lowest BCUT2D eigenvalue weighted by molar-refractivity contribution is -0.294. The summed E-state index contributed by atoms with van der Waals surface area (Å²) in [7, 11) is 0. The molecular formula is C24H35NO5. The summed E-state index contributed by atoms with van der Waals surface area (Å²) < 4.78 is 17.7. The van der Waals surface area contributed by atoms with Gasteiger partial charge in [0.2, 0.25) is 0 Å². The summed E-state index contributed by atoms with van der Waals surface area (Å²) in [6.45, 7) is 13.0. The molecular weight excluding hydrogens is 382 g/mol. The van der Waals surface area contributed by atoms with Crippen molar-refractivity contribution in [2.24, 2.45) is 5.41 Å². The van der Waals surface area contributed by atoms with Crippen molar-refractivity contribution < 1.29 is 24.1 Å². The fraction of sp³-hybridized carbons (Fsp3) is 0.625. The van der Waals surface area contributed by atoms with E-state index in [-0.39, 0.29) is 18.1 Å². The van der Waals surface area contributed by atoms with Gasteiger partial charge in [0.25, 0.3) is 5.91 Å². The predicted octanol–water partition coefficient (Wildman–Crippen LogP) is 3.94. The molecule has 0 saturated carbocycles. The number of benzene rings is 1. The van der Waals surface area contributed by atoms with E-state index < -0.39 is 17.4 Å². The van der Waals surface area contributed by atoms with Crippen LogP contribution in [-0.2, 0) is 19.0 Å². The van der Waals surface area contributed by atoms with E-state index in [1.165, 1.54) is 0 Å². The van der Waals surface area contributed by atoms with E-state index in [4.69, 9.17) is 14.2 Å². The zero-order valence-corrected chi connectivity index (χ0v) is 19.0. The third kappa shape index (κ3) is 4.71. The van der Waals surface area contributed by atoms with Crippen molar-refractivity contribution in [2.75, 3.05) is 19.9 Å². The lowest BCUT2D eigenvalue weighted by Gasteiger charge is -2.45. The molecule has 1 fully saturated rings. The molecule has 1 N–H and O–H groups in total. The monoisotopic (exact) mass is 417 g/mol. The predicted molar refractivity (Wildman–Crippen MR) is 115 cm³/mol. The van der Waals surface area contributed by atoms with Crippen molar-refractivity contribution in [3.63, 3.8) is 0 Å². The maximum Gasteiger partial charge on any atom is 0.261 e. The van der Waals surface area contributed by atoms with Gasteiger partial charge in [0.15, 0.2) is 12.5 Å². The minimum atomic E-state index is -0.817. The summed E-state index contributed by atoms with van der Waals surface area (Å²) in [6.07, 6.45) is 0.216. The lowest BCUT2D eigenvalue weighted by Crippen LogP contribution is -2.57. The van der Waals surface area contributed by atoms with Gasteiger partial charge in [-0.3, -0.25) is 9.69 Å². The van der Waals surface area contributed by atoms with Crippen LogP contribution in [-0.4, -0.2) is 53.3 Å². The smallest absolute Gasteiger partial charge is 0.261 e. The van der Waals surface area contributed by atoms with E-state index in [2.05, 4.69) is 13.8 Å². The van der Waals surface area contributed by atoms with Crippen LogP contribution < -0.4 is 0 Å². The number of carbonyl (C=O) groups excluding carboxylic acids is 1. The normalized spacial score (nSPS) is 22.6. The number of aliphatic hydroxyl groups is 1. The van der Waals surface area contributed by atoms with Crippen molar-refractivity contribution in [2.45, 2.75) is 71.8 Å². The Morgan fingerprint density at radius 2 is 1.73 bits per heavy atom. The molecule has 30 heavy (non-hydrogen) atoms. The van der Waals surface area contributed by atoms with E-state index in [0.717, 1.165) is 5.56 Å². The van der Waals surface area contributed by atoms with Crippen LogP contribution in [0.3, 0.4) is 0 Å². The molecule has 1 unspecified atom stereocenters. The lowest BCUT2D eigenvalue weighted by atomic mass is 9.88. The summed E-state index contributed by atoms with van der Waals surface area (Å²) in [5, 5.41) is 11.0. The Morgan fingerprint density at radius 1 is 1.13 bits per heavy atom. The summed E-state index contributed by atoms with van der Waals surface area (Å²) in [5.74, 6) is -0.250. The maximum absolute atomic E-state index is 13.4. The zero-order chi connectivity index (χ0) is 22.2. The molecule has 1 amide bonds. The van der Waals surface area contributed by atoms with Crippen molar-refractivity contribution in [1.82, 2.24) is 4.90 Å².